The normalized spacial score (nSPS) is 12.6. The van der Waals surface area contributed by atoms with E-state index in [0.29, 0.717) is 25.8 Å². The average molecular weight is 767 g/mol. The molecular weight excluding hydrogens is 708 g/mol. The Bertz CT molecular complexity index is 1190. The molecule has 0 spiro atoms. The van der Waals surface area contributed by atoms with Gasteiger partial charge in [-0.25, -0.2) is 0 Å². The van der Waals surface area contributed by atoms with Crippen LogP contribution in [0.3, 0.4) is 0 Å². The maximum absolute atomic E-state index is 13.2. The van der Waals surface area contributed by atoms with Crippen LogP contribution in [-0.4, -0.2) is 123 Å². The quantitative estimate of drug-likeness (QED) is 0.0323. The zero-order chi connectivity index (χ0) is 42.4. The third kappa shape index (κ3) is 36.0. The predicted molar refractivity (Wildman–Crippen MR) is 190 cm³/mol. The van der Waals surface area contributed by atoms with Crippen LogP contribution in [0.25, 0.3) is 0 Å². The Morgan fingerprint density at radius 1 is 0.623 bits per heavy atom. The molecule has 0 radical (unpaired) electrons. The largest absolute Gasteiger partial charge is 0.481 e. The van der Waals surface area contributed by atoms with E-state index in [2.05, 4.69) is 26.3 Å². The standard InChI is InChI=1S/C24H46N10O7.3C2H4O2/c1-12(2)18(23(41)31-13(3)19(27)37)34-22(40)16(11-17(35)36)33-21(39)15(8-4-5-9-25)32-20(38)14(26)7-6-10-30-24(28)29;3*1-2(3)4/h12-16,18H,4-11,25-26H2,1-3H3,(H2,27,37)(H,31,41)(H,32,38)(H,33,39)(H,34,40)(H,35,36)(H4,28,29,30);3*1H3,(H,3,4)/t13-,14+,15+,16+,18+;;;/m1.../s1. The number of amides is 5. The number of nitrogens with zero attached hydrogens (tertiary/aromatic N) is 1. The number of aliphatic carboxylic acids is 4. The third-order valence-corrected chi connectivity index (χ3v) is 5.93. The van der Waals surface area contributed by atoms with Gasteiger partial charge in [0.2, 0.25) is 29.5 Å². The second-order valence-corrected chi connectivity index (χ2v) is 11.5. The zero-order valence-electron chi connectivity index (χ0n) is 30.9. The van der Waals surface area contributed by atoms with Gasteiger partial charge in [-0.3, -0.25) is 48.1 Å². The SMILES string of the molecule is CC(=O)O.CC(=O)O.CC(=O)O.CC(C)[C@H](NC(=O)[C@H](CC(=O)O)NC(=O)[C@H](CCCCN)NC(=O)[C@@H](N)CCCN=C(N)N)C(=O)N[C@H](C)C(N)=O. The lowest BCUT2D eigenvalue weighted by Gasteiger charge is -2.27. The van der Waals surface area contributed by atoms with Gasteiger partial charge in [-0.2, -0.15) is 0 Å². The fourth-order valence-electron chi connectivity index (χ4n) is 3.51. The van der Waals surface area contributed by atoms with Gasteiger partial charge in [0.25, 0.3) is 17.9 Å². The Morgan fingerprint density at radius 2 is 1.08 bits per heavy atom. The molecule has 0 aromatic heterocycles. The first-order valence-corrected chi connectivity index (χ1v) is 16.1. The lowest BCUT2D eigenvalue weighted by molar-refractivity contribution is -0.142. The first kappa shape index (κ1) is 54.2. The Balaban J connectivity index is -0.000000862. The van der Waals surface area contributed by atoms with Crippen molar-refractivity contribution >= 4 is 59.4 Å². The number of carbonyl (C=O) groups is 9. The molecular formula is C30H58N10O13. The minimum Gasteiger partial charge on any atom is -0.481 e. The van der Waals surface area contributed by atoms with Gasteiger partial charge in [0, 0.05) is 27.3 Å². The van der Waals surface area contributed by atoms with Crippen molar-refractivity contribution in [2.24, 2.45) is 39.6 Å². The number of nitrogens with two attached hydrogens (primary N) is 5. The maximum atomic E-state index is 13.2. The second kappa shape index (κ2) is 31.2. The van der Waals surface area contributed by atoms with Gasteiger partial charge in [0.05, 0.1) is 12.5 Å². The molecule has 18 N–H and O–H groups in total. The number of unbranched alkanes of at least 4 members (excludes halogenated alkanes) is 1. The summed E-state index contributed by atoms with van der Waals surface area (Å²) in [4.78, 5) is 105. The molecule has 23 nitrogen and oxygen atoms in total. The molecule has 0 rings (SSSR count). The molecule has 306 valence electrons. The van der Waals surface area contributed by atoms with Crippen LogP contribution in [0.2, 0.25) is 0 Å². The summed E-state index contributed by atoms with van der Waals surface area (Å²) >= 11 is 0. The van der Waals surface area contributed by atoms with Crippen LogP contribution in [-0.2, 0) is 43.2 Å². The second-order valence-electron chi connectivity index (χ2n) is 11.5. The fraction of sp³-hybridized carbons (Fsp3) is 0.667. The van der Waals surface area contributed by atoms with Crippen LogP contribution >= 0.6 is 0 Å². The molecule has 0 saturated carbocycles. The van der Waals surface area contributed by atoms with E-state index in [4.69, 9.17) is 58.4 Å². The van der Waals surface area contributed by atoms with E-state index in [9.17, 15) is 33.9 Å². The fourth-order valence-corrected chi connectivity index (χ4v) is 3.51. The molecule has 0 bridgehead atoms. The van der Waals surface area contributed by atoms with E-state index in [1.165, 1.54) is 6.92 Å². The van der Waals surface area contributed by atoms with E-state index in [-0.39, 0.29) is 25.3 Å². The van der Waals surface area contributed by atoms with Crippen molar-refractivity contribution in [2.75, 3.05) is 13.1 Å². The molecule has 23 heteroatoms. The van der Waals surface area contributed by atoms with Gasteiger partial charge in [0.1, 0.15) is 24.2 Å². The van der Waals surface area contributed by atoms with Crippen LogP contribution < -0.4 is 49.9 Å². The van der Waals surface area contributed by atoms with Crippen molar-refractivity contribution in [3.05, 3.63) is 0 Å². The van der Waals surface area contributed by atoms with Gasteiger partial charge in [0.15, 0.2) is 5.96 Å². The topological polar surface area (TPSA) is 425 Å². The lowest BCUT2D eigenvalue weighted by atomic mass is 10.0. The number of nitrogens with one attached hydrogen (secondary N) is 4. The Kier molecular flexibility index (Phi) is 31.9. The number of aliphatic imine (C=N–C) groups is 1. The highest BCUT2D eigenvalue weighted by Crippen LogP contribution is 2.07. The molecule has 0 aromatic rings. The van der Waals surface area contributed by atoms with Crippen molar-refractivity contribution in [2.45, 2.75) is 110 Å². The molecule has 53 heavy (non-hydrogen) atoms. The van der Waals surface area contributed by atoms with Gasteiger partial charge in [-0.15, -0.1) is 0 Å². The first-order chi connectivity index (χ1) is 24.3. The number of carboxylic acids is 4. The average Bonchev–Trinajstić information content (AvgIpc) is 2.99. The highest BCUT2D eigenvalue weighted by Gasteiger charge is 2.33. The predicted octanol–water partition coefficient (Wildman–Crippen LogP) is -3.66. The third-order valence-electron chi connectivity index (χ3n) is 5.93. The molecule has 0 heterocycles. The lowest BCUT2D eigenvalue weighted by Crippen LogP contribution is -2.59. The first-order valence-electron chi connectivity index (χ1n) is 16.1. The zero-order valence-corrected chi connectivity index (χ0v) is 30.9. The molecule has 5 atom stereocenters. The maximum Gasteiger partial charge on any atom is 0.305 e. The number of rotatable bonds is 20. The van der Waals surface area contributed by atoms with Crippen LogP contribution in [0.4, 0.5) is 0 Å². The van der Waals surface area contributed by atoms with Crippen LogP contribution in [0.5, 0.6) is 0 Å². The number of carboxylic acid groups (broad SMARTS) is 4. The summed E-state index contributed by atoms with van der Waals surface area (Å²) in [7, 11) is 0. The van der Waals surface area contributed by atoms with Crippen molar-refractivity contribution in [1.29, 1.82) is 0 Å². The summed E-state index contributed by atoms with van der Waals surface area (Å²) in [5, 5.41) is 41.3. The van der Waals surface area contributed by atoms with E-state index in [1.54, 1.807) is 13.8 Å². The molecule has 0 aliphatic rings. The molecule has 0 fully saturated rings. The molecule has 0 aliphatic carbocycles. The molecule has 5 amide bonds. The van der Waals surface area contributed by atoms with Gasteiger partial charge in [-0.1, -0.05) is 13.8 Å². The minimum atomic E-state index is -1.59. The number of guanidine groups is 1. The highest BCUT2D eigenvalue weighted by atomic mass is 16.4. The van der Waals surface area contributed by atoms with Crippen molar-refractivity contribution < 1.29 is 63.6 Å². The summed E-state index contributed by atoms with van der Waals surface area (Å²) in [6, 6.07) is -5.92. The highest BCUT2D eigenvalue weighted by molar-refractivity contribution is 5.97. The van der Waals surface area contributed by atoms with Crippen LogP contribution in [0.15, 0.2) is 4.99 Å². The molecule has 0 unspecified atom stereocenters. The van der Waals surface area contributed by atoms with E-state index in [0.717, 1.165) is 20.8 Å². The summed E-state index contributed by atoms with van der Waals surface area (Å²) in [6.45, 7) is 8.44. The van der Waals surface area contributed by atoms with Crippen LogP contribution in [0, 0.1) is 5.92 Å². The smallest absolute Gasteiger partial charge is 0.305 e. The van der Waals surface area contributed by atoms with E-state index < -0.39 is 96.0 Å². The molecule has 0 saturated heterocycles. The number of hydrogen-bond acceptors (Lipinski definition) is 12. The molecule has 0 aliphatic heterocycles. The summed E-state index contributed by atoms with van der Waals surface area (Å²) in [6.07, 6.45) is 0.932. The van der Waals surface area contributed by atoms with Crippen molar-refractivity contribution in [3.63, 3.8) is 0 Å². The Hall–Kier alpha value is -5.58. The number of primary amides is 1. The minimum absolute atomic E-state index is 0.0971. The Labute approximate surface area is 307 Å². The molecule has 0 aromatic carbocycles. The summed E-state index contributed by atoms with van der Waals surface area (Å²) in [5.41, 5.74) is 27.2. The monoisotopic (exact) mass is 766 g/mol. The van der Waals surface area contributed by atoms with Gasteiger partial charge >= 0.3 is 5.97 Å². The van der Waals surface area contributed by atoms with Crippen molar-refractivity contribution in [1.82, 2.24) is 21.3 Å². The number of carbonyl (C=O) groups excluding carboxylic acids is 5. The van der Waals surface area contributed by atoms with Crippen LogP contribution in [0.1, 0.15) is 80.1 Å². The summed E-state index contributed by atoms with van der Waals surface area (Å²) in [5.74, 6) is -8.40. The Morgan fingerprint density at radius 3 is 1.47 bits per heavy atom. The summed E-state index contributed by atoms with van der Waals surface area (Å²) < 4.78 is 0. The van der Waals surface area contributed by atoms with Crippen molar-refractivity contribution in [3.8, 4) is 0 Å². The van der Waals surface area contributed by atoms with E-state index in [1.807, 2.05) is 0 Å². The van der Waals surface area contributed by atoms with Gasteiger partial charge in [-0.05, 0) is 51.5 Å². The van der Waals surface area contributed by atoms with Gasteiger partial charge < -0.3 is 70.4 Å². The van der Waals surface area contributed by atoms with E-state index >= 15 is 0 Å². The number of hydrogen-bond donors (Lipinski definition) is 13.